The monoisotopic (exact) mass is 522 g/mol. The summed E-state index contributed by atoms with van der Waals surface area (Å²) in [4.78, 5) is 27.2. The molecule has 4 rings (SSSR count). The Morgan fingerprint density at radius 1 is 1.08 bits per heavy atom. The first-order valence-electron chi connectivity index (χ1n) is 13.6. The van der Waals surface area contributed by atoms with E-state index in [1.807, 2.05) is 80.4 Å². The maximum Gasteiger partial charge on any atom is 0.239 e. The maximum atomic E-state index is 14.4. The molecular formula is C30H42N4O4. The van der Waals surface area contributed by atoms with Gasteiger partial charge in [0.1, 0.15) is 0 Å². The van der Waals surface area contributed by atoms with E-state index in [1.165, 1.54) is 0 Å². The zero-order valence-corrected chi connectivity index (χ0v) is 22.9. The minimum absolute atomic E-state index is 0.0857. The summed E-state index contributed by atoms with van der Waals surface area (Å²) in [6.07, 6.45) is -0.367. The second-order valence-electron chi connectivity index (χ2n) is 11.9. The minimum atomic E-state index is -1.04. The fourth-order valence-corrected chi connectivity index (χ4v) is 5.72. The molecule has 1 heterocycles. The molecular weight excluding hydrogens is 480 g/mol. The molecule has 8 heteroatoms. The Kier molecular flexibility index (Phi) is 8.57. The van der Waals surface area contributed by atoms with Crippen molar-refractivity contribution in [3.8, 4) is 0 Å². The number of nitrogens with one attached hydrogen (secondary N) is 3. The summed E-state index contributed by atoms with van der Waals surface area (Å²) in [5.74, 6) is -0.304. The molecule has 3 unspecified atom stereocenters. The van der Waals surface area contributed by atoms with Gasteiger partial charge < -0.3 is 20.8 Å². The molecule has 8 nitrogen and oxygen atoms in total. The predicted octanol–water partition coefficient (Wildman–Crippen LogP) is 2.11. The lowest BCUT2D eigenvalue weighted by Gasteiger charge is -2.46. The van der Waals surface area contributed by atoms with Gasteiger partial charge in [0.25, 0.3) is 0 Å². The first-order valence-corrected chi connectivity index (χ1v) is 13.6. The Morgan fingerprint density at radius 3 is 2.45 bits per heavy atom. The zero-order valence-electron chi connectivity index (χ0n) is 22.9. The Morgan fingerprint density at radius 2 is 1.76 bits per heavy atom. The lowest BCUT2D eigenvalue weighted by atomic mass is 9.69. The van der Waals surface area contributed by atoms with E-state index in [9.17, 15) is 19.8 Å². The molecule has 206 valence electrons. The van der Waals surface area contributed by atoms with Crippen molar-refractivity contribution >= 4 is 11.8 Å². The number of aliphatic hydroxyl groups excluding tert-OH is 2. The summed E-state index contributed by atoms with van der Waals surface area (Å²) in [6.45, 7) is 8.89. The quantitative estimate of drug-likeness (QED) is 0.363. The van der Waals surface area contributed by atoms with Gasteiger partial charge in [-0.2, -0.15) is 0 Å². The van der Waals surface area contributed by atoms with E-state index in [-0.39, 0.29) is 24.3 Å². The van der Waals surface area contributed by atoms with Crippen LogP contribution in [0.1, 0.15) is 56.8 Å². The normalized spacial score (nSPS) is 24.2. The van der Waals surface area contributed by atoms with Crippen LogP contribution in [0.15, 0.2) is 54.6 Å². The van der Waals surface area contributed by atoms with E-state index < -0.39 is 29.1 Å². The van der Waals surface area contributed by atoms with Gasteiger partial charge in [-0.25, -0.2) is 5.01 Å². The van der Waals surface area contributed by atoms with Crippen LogP contribution in [0.3, 0.4) is 0 Å². The number of carbonyl (C=O) groups excluding carboxylic acids is 2. The van der Waals surface area contributed by atoms with Gasteiger partial charge in [0.05, 0.1) is 23.7 Å². The van der Waals surface area contributed by atoms with Crippen LogP contribution >= 0.6 is 0 Å². The molecule has 2 aliphatic rings. The number of amides is 2. The van der Waals surface area contributed by atoms with Crippen molar-refractivity contribution in [2.24, 2.45) is 10.8 Å². The summed E-state index contributed by atoms with van der Waals surface area (Å²) in [7, 11) is 0. The summed E-state index contributed by atoms with van der Waals surface area (Å²) < 4.78 is 0. The van der Waals surface area contributed by atoms with Crippen molar-refractivity contribution < 1.29 is 19.8 Å². The molecule has 5 atom stereocenters. The van der Waals surface area contributed by atoms with E-state index in [1.54, 1.807) is 6.92 Å². The first kappa shape index (κ1) is 28.2. The van der Waals surface area contributed by atoms with E-state index in [0.29, 0.717) is 32.5 Å². The highest BCUT2D eigenvalue weighted by Crippen LogP contribution is 2.38. The number of piperazine rings is 1. The minimum Gasteiger partial charge on any atom is -0.393 e. The van der Waals surface area contributed by atoms with Gasteiger partial charge in [-0.05, 0) is 36.5 Å². The van der Waals surface area contributed by atoms with Crippen LogP contribution in [-0.2, 0) is 22.4 Å². The highest BCUT2D eigenvalue weighted by Gasteiger charge is 2.49. The molecule has 0 spiro atoms. The van der Waals surface area contributed by atoms with Crippen LogP contribution in [-0.4, -0.2) is 64.9 Å². The standard InChI is InChI=1S/C30H42N4O4/c1-20(35)17-30(18-21-10-6-5-7-11-21,25-19-34(15-14-31-25)33-27(37)29(2,3)4)28(38)32-26-23-13-9-8-12-22(23)16-24(26)36/h5-13,20,24-26,31,35-36H,14-19H2,1-4H3,(H,32,38)(H,33,37)/t20?,24-,25?,26-,30?/m0/s1. The number of benzene rings is 2. The molecule has 38 heavy (non-hydrogen) atoms. The predicted molar refractivity (Wildman–Crippen MR) is 147 cm³/mol. The van der Waals surface area contributed by atoms with Crippen molar-refractivity contribution in [1.82, 2.24) is 21.1 Å². The molecule has 1 aliphatic heterocycles. The second kappa shape index (κ2) is 11.5. The van der Waals surface area contributed by atoms with Crippen molar-refractivity contribution in [1.29, 1.82) is 0 Å². The van der Waals surface area contributed by atoms with Crippen molar-refractivity contribution in [3.63, 3.8) is 0 Å². The van der Waals surface area contributed by atoms with Gasteiger partial charge in [0, 0.05) is 37.5 Å². The van der Waals surface area contributed by atoms with Crippen molar-refractivity contribution in [2.75, 3.05) is 19.6 Å². The summed E-state index contributed by atoms with van der Waals surface area (Å²) in [5, 5.41) is 30.2. The number of carbonyl (C=O) groups is 2. The summed E-state index contributed by atoms with van der Waals surface area (Å²) >= 11 is 0. The zero-order chi connectivity index (χ0) is 27.5. The highest BCUT2D eigenvalue weighted by molar-refractivity contribution is 5.85. The number of rotatable bonds is 8. The van der Waals surface area contributed by atoms with E-state index in [0.717, 1.165) is 16.7 Å². The van der Waals surface area contributed by atoms with Crippen LogP contribution < -0.4 is 16.1 Å². The lowest BCUT2D eigenvalue weighted by molar-refractivity contribution is -0.140. The molecule has 2 amide bonds. The van der Waals surface area contributed by atoms with Crippen molar-refractivity contribution in [3.05, 3.63) is 71.3 Å². The Hall–Kier alpha value is -2.78. The molecule has 0 saturated carbocycles. The fourth-order valence-electron chi connectivity index (χ4n) is 5.72. The molecule has 0 radical (unpaired) electrons. The Labute approximate surface area is 225 Å². The molecule has 0 bridgehead atoms. The first-order chi connectivity index (χ1) is 18.0. The molecule has 1 saturated heterocycles. The molecule has 2 aromatic carbocycles. The number of fused-ring (bicyclic) bond motifs is 1. The lowest BCUT2D eigenvalue weighted by Crippen LogP contribution is -2.66. The van der Waals surface area contributed by atoms with Crippen molar-refractivity contribution in [2.45, 2.75) is 71.2 Å². The Bertz CT molecular complexity index is 1120. The third-order valence-electron chi connectivity index (χ3n) is 7.75. The summed E-state index contributed by atoms with van der Waals surface area (Å²) in [5.41, 5.74) is 4.37. The van der Waals surface area contributed by atoms with Crippen LogP contribution in [0.2, 0.25) is 0 Å². The number of nitrogens with zero attached hydrogens (tertiary/aromatic N) is 1. The number of hydrogen-bond donors (Lipinski definition) is 5. The maximum absolute atomic E-state index is 14.4. The molecule has 2 aromatic rings. The van der Waals surface area contributed by atoms with Crippen LogP contribution in [0, 0.1) is 10.8 Å². The van der Waals surface area contributed by atoms with Gasteiger partial charge in [-0.15, -0.1) is 0 Å². The molecule has 5 N–H and O–H groups in total. The van der Waals surface area contributed by atoms with Gasteiger partial charge in [-0.3, -0.25) is 15.0 Å². The number of hydrazine groups is 1. The van der Waals surface area contributed by atoms with Gasteiger partial charge in [-0.1, -0.05) is 75.4 Å². The van der Waals surface area contributed by atoms with E-state index in [4.69, 9.17) is 0 Å². The van der Waals surface area contributed by atoms with Crippen LogP contribution in [0.25, 0.3) is 0 Å². The fraction of sp³-hybridized carbons (Fsp3) is 0.533. The van der Waals surface area contributed by atoms with Crippen LogP contribution in [0.5, 0.6) is 0 Å². The third kappa shape index (κ3) is 6.26. The average Bonchev–Trinajstić information content (AvgIpc) is 3.18. The highest BCUT2D eigenvalue weighted by atomic mass is 16.3. The second-order valence-corrected chi connectivity index (χ2v) is 11.9. The SMILES string of the molecule is CC(O)CC(Cc1ccccc1)(C(=O)N[C@H]1c2ccccc2C[C@@H]1O)C1CN(NC(=O)C(C)(C)C)CCN1. The smallest absolute Gasteiger partial charge is 0.239 e. The topological polar surface area (TPSA) is 114 Å². The number of aliphatic hydroxyl groups is 2. The van der Waals surface area contributed by atoms with Gasteiger partial charge >= 0.3 is 0 Å². The summed E-state index contributed by atoms with van der Waals surface area (Å²) in [6, 6.07) is 16.7. The molecule has 1 fully saturated rings. The van der Waals surface area contributed by atoms with Crippen LogP contribution in [0.4, 0.5) is 0 Å². The van der Waals surface area contributed by atoms with E-state index >= 15 is 0 Å². The number of hydrogen-bond acceptors (Lipinski definition) is 6. The molecule has 0 aromatic heterocycles. The molecule has 1 aliphatic carbocycles. The van der Waals surface area contributed by atoms with E-state index in [2.05, 4.69) is 16.1 Å². The average molecular weight is 523 g/mol. The Balaban J connectivity index is 1.68. The third-order valence-corrected chi connectivity index (χ3v) is 7.75. The van der Waals surface area contributed by atoms with Gasteiger partial charge in [0.2, 0.25) is 11.8 Å². The largest absolute Gasteiger partial charge is 0.393 e. The van der Waals surface area contributed by atoms with Gasteiger partial charge in [0.15, 0.2) is 0 Å².